The predicted molar refractivity (Wildman–Crippen MR) is 124 cm³/mol. The van der Waals surface area contributed by atoms with E-state index in [4.69, 9.17) is 0 Å². The van der Waals surface area contributed by atoms with Gasteiger partial charge in [-0.2, -0.15) is 0 Å². The molecule has 3 N–H and O–H groups in total. The summed E-state index contributed by atoms with van der Waals surface area (Å²) in [6.45, 7) is 12.5. The predicted octanol–water partition coefficient (Wildman–Crippen LogP) is 5.70. The Morgan fingerprint density at radius 1 is 1.17 bits per heavy atom. The molecule has 0 heterocycles. The molecule has 6 atom stereocenters. The van der Waals surface area contributed by atoms with Crippen LogP contribution in [0.3, 0.4) is 0 Å². The highest BCUT2D eigenvalue weighted by molar-refractivity contribution is 5.36. The fraction of sp³-hybridized carbons (Fsp3) is 0.778. The van der Waals surface area contributed by atoms with Crippen LogP contribution in [-0.4, -0.2) is 33.1 Å². The minimum Gasteiger partial charge on any atom is -0.393 e. The summed E-state index contributed by atoms with van der Waals surface area (Å²) in [5.41, 5.74) is 3.34. The van der Waals surface area contributed by atoms with E-state index in [0.29, 0.717) is 29.6 Å². The average Bonchev–Trinajstić information content (AvgIpc) is 3.03. The molecule has 0 amide bonds. The van der Waals surface area contributed by atoms with E-state index in [0.717, 1.165) is 25.7 Å². The van der Waals surface area contributed by atoms with Crippen molar-refractivity contribution in [3.8, 4) is 0 Å². The zero-order valence-corrected chi connectivity index (χ0v) is 19.7. The maximum atomic E-state index is 10.3. The Balaban J connectivity index is 1.69. The van der Waals surface area contributed by atoms with E-state index >= 15 is 0 Å². The smallest absolute Gasteiger partial charge is 0.0849 e. The number of hydrogen-bond acceptors (Lipinski definition) is 3. The lowest BCUT2D eigenvalue weighted by Crippen LogP contribution is -2.38. The van der Waals surface area contributed by atoms with Gasteiger partial charge in [-0.1, -0.05) is 43.7 Å². The Labute approximate surface area is 184 Å². The van der Waals surface area contributed by atoms with Gasteiger partial charge < -0.3 is 15.3 Å². The fourth-order valence-electron chi connectivity index (χ4n) is 6.58. The van der Waals surface area contributed by atoms with Crippen LogP contribution in [0.25, 0.3) is 0 Å². The van der Waals surface area contributed by atoms with Crippen molar-refractivity contribution in [2.45, 2.75) is 110 Å². The van der Waals surface area contributed by atoms with Crippen molar-refractivity contribution in [2.75, 3.05) is 0 Å². The number of hydrogen-bond donors (Lipinski definition) is 3. The molecule has 3 saturated carbocycles. The molecule has 3 fully saturated rings. The van der Waals surface area contributed by atoms with Gasteiger partial charge in [-0.3, -0.25) is 0 Å². The highest BCUT2D eigenvalue weighted by Crippen LogP contribution is 2.60. The molecule has 0 unspecified atom stereocenters. The van der Waals surface area contributed by atoms with E-state index < -0.39 is 11.7 Å². The van der Waals surface area contributed by atoms with Crippen LogP contribution < -0.4 is 0 Å². The van der Waals surface area contributed by atoms with E-state index in [-0.39, 0.29) is 6.10 Å². The Kier molecular flexibility index (Phi) is 7.37. The Morgan fingerprint density at radius 2 is 1.90 bits per heavy atom. The van der Waals surface area contributed by atoms with Gasteiger partial charge in [0.1, 0.15) is 0 Å². The average molecular weight is 417 g/mol. The lowest BCUT2D eigenvalue weighted by molar-refractivity contribution is -0.0554. The van der Waals surface area contributed by atoms with E-state index in [1.807, 2.05) is 0 Å². The third-order valence-corrected chi connectivity index (χ3v) is 8.62. The molecule has 3 aliphatic carbocycles. The zero-order valence-electron chi connectivity index (χ0n) is 19.7. The molecule has 0 bridgehead atoms. The molecule has 0 aliphatic heterocycles. The normalized spacial score (nSPS) is 37.4. The van der Waals surface area contributed by atoms with Crippen LogP contribution >= 0.6 is 0 Å². The summed E-state index contributed by atoms with van der Waals surface area (Å²) < 4.78 is 0. The minimum atomic E-state index is -1.02. The number of allylic oxidation sites excluding steroid dienone is 4. The first kappa shape index (κ1) is 23.8. The third-order valence-electron chi connectivity index (χ3n) is 8.62. The van der Waals surface area contributed by atoms with Crippen LogP contribution in [0.15, 0.2) is 35.5 Å². The van der Waals surface area contributed by atoms with Crippen molar-refractivity contribution < 1.29 is 15.3 Å². The van der Waals surface area contributed by atoms with Crippen molar-refractivity contribution in [2.24, 2.45) is 23.2 Å². The molecular formula is C27H44O3. The molecule has 170 valence electrons. The van der Waals surface area contributed by atoms with Crippen molar-refractivity contribution in [1.82, 2.24) is 0 Å². The first-order valence-electron chi connectivity index (χ1n) is 12.2. The van der Waals surface area contributed by atoms with Gasteiger partial charge in [0.05, 0.1) is 17.8 Å². The molecule has 0 aromatic heterocycles. The zero-order chi connectivity index (χ0) is 22.1. The van der Waals surface area contributed by atoms with Gasteiger partial charge in [0.15, 0.2) is 0 Å². The molecule has 3 rings (SSSR count). The van der Waals surface area contributed by atoms with E-state index in [1.54, 1.807) is 19.4 Å². The molecule has 30 heavy (non-hydrogen) atoms. The standard InChI is InChI=1S/C27H44O3/c1-18-8-12-22(28)17-21(18)11-10-20-7-6-16-27(5)23(13-14-24(20)27)19(2)9-15-25(29)26(3,4)30/h10-11,19,22-25,28-30H,1,6-9,12-17H2,2-5H3/b20-10+,21-11-/t19-,22+,23-,24+,25-,27-/m0/s1. The largest absolute Gasteiger partial charge is 0.393 e. The Morgan fingerprint density at radius 3 is 2.60 bits per heavy atom. The summed E-state index contributed by atoms with van der Waals surface area (Å²) in [5, 5.41) is 30.3. The molecule has 0 radical (unpaired) electrons. The molecule has 3 aliphatic rings. The molecule has 3 nitrogen and oxygen atoms in total. The first-order valence-corrected chi connectivity index (χ1v) is 12.2. The molecule has 3 heteroatoms. The van der Waals surface area contributed by atoms with Crippen LogP contribution in [0.1, 0.15) is 91.9 Å². The monoisotopic (exact) mass is 416 g/mol. The van der Waals surface area contributed by atoms with Crippen molar-refractivity contribution in [3.63, 3.8) is 0 Å². The maximum absolute atomic E-state index is 10.3. The quantitative estimate of drug-likeness (QED) is 0.520. The van der Waals surface area contributed by atoms with Gasteiger partial charge in [-0.05, 0) is 107 Å². The fourth-order valence-corrected chi connectivity index (χ4v) is 6.58. The number of fused-ring (bicyclic) bond motifs is 1. The van der Waals surface area contributed by atoms with Crippen molar-refractivity contribution >= 4 is 0 Å². The first-order chi connectivity index (χ1) is 14.0. The SMILES string of the molecule is C=C1CC[C@@H](O)C/C1=C/C=C1\CCC[C@]2(C)[C@@H]1CC[C@H]2[C@@H](C)CC[C@H](O)C(C)(C)O. The van der Waals surface area contributed by atoms with Crippen LogP contribution in [0.5, 0.6) is 0 Å². The number of rotatable bonds is 6. The number of aliphatic hydroxyl groups excluding tert-OH is 2. The third kappa shape index (κ3) is 5.11. The second-order valence-electron chi connectivity index (χ2n) is 11.3. The van der Waals surface area contributed by atoms with Gasteiger partial charge >= 0.3 is 0 Å². The lowest BCUT2D eigenvalue weighted by atomic mass is 9.60. The number of aliphatic hydroxyl groups is 3. The minimum absolute atomic E-state index is 0.215. The van der Waals surface area contributed by atoms with E-state index in [9.17, 15) is 15.3 Å². The second kappa shape index (κ2) is 9.30. The van der Waals surface area contributed by atoms with Crippen LogP contribution in [-0.2, 0) is 0 Å². The van der Waals surface area contributed by atoms with Crippen molar-refractivity contribution in [3.05, 3.63) is 35.5 Å². The van der Waals surface area contributed by atoms with Gasteiger partial charge in [-0.25, -0.2) is 0 Å². The summed E-state index contributed by atoms with van der Waals surface area (Å²) in [4.78, 5) is 0. The van der Waals surface area contributed by atoms with Gasteiger partial charge in [0.25, 0.3) is 0 Å². The molecule has 0 spiro atoms. The summed E-state index contributed by atoms with van der Waals surface area (Å²) in [6.07, 6.45) is 14.1. The highest BCUT2D eigenvalue weighted by Gasteiger charge is 2.50. The van der Waals surface area contributed by atoms with E-state index in [1.165, 1.54) is 43.3 Å². The molecule has 0 saturated heterocycles. The topological polar surface area (TPSA) is 60.7 Å². The summed E-state index contributed by atoms with van der Waals surface area (Å²) in [6, 6.07) is 0. The van der Waals surface area contributed by atoms with Crippen LogP contribution in [0.4, 0.5) is 0 Å². The summed E-state index contributed by atoms with van der Waals surface area (Å²) in [7, 11) is 0. The van der Waals surface area contributed by atoms with Crippen molar-refractivity contribution in [1.29, 1.82) is 0 Å². The van der Waals surface area contributed by atoms with Gasteiger partial charge in [-0.15, -0.1) is 0 Å². The lowest BCUT2D eigenvalue weighted by Gasteiger charge is -2.44. The summed E-state index contributed by atoms with van der Waals surface area (Å²) in [5.74, 6) is 1.89. The molecular weight excluding hydrogens is 372 g/mol. The Hall–Kier alpha value is -0.900. The van der Waals surface area contributed by atoms with Gasteiger partial charge in [0, 0.05) is 0 Å². The summed E-state index contributed by atoms with van der Waals surface area (Å²) >= 11 is 0. The molecule has 0 aromatic carbocycles. The maximum Gasteiger partial charge on any atom is 0.0849 e. The van der Waals surface area contributed by atoms with Crippen LogP contribution in [0.2, 0.25) is 0 Å². The van der Waals surface area contributed by atoms with Crippen LogP contribution in [0, 0.1) is 23.2 Å². The highest BCUT2D eigenvalue weighted by atomic mass is 16.3. The van der Waals surface area contributed by atoms with Gasteiger partial charge in [0.2, 0.25) is 0 Å². The molecule has 0 aromatic rings. The van der Waals surface area contributed by atoms with E-state index in [2.05, 4.69) is 32.6 Å². The Bertz CT molecular complexity index is 683. The second-order valence-corrected chi connectivity index (χ2v) is 11.3.